The number of nitrogens with two attached hydrogens (primary N) is 1. The van der Waals surface area contributed by atoms with Gasteiger partial charge in [-0.3, -0.25) is 14.7 Å². The smallest absolute Gasteiger partial charge is 0.280 e. The number of nitrogens with zero attached hydrogens (tertiary/aromatic N) is 4. The van der Waals surface area contributed by atoms with Crippen molar-refractivity contribution in [2.75, 3.05) is 7.05 Å². The number of hydrogen-bond donors (Lipinski definition) is 1. The van der Waals surface area contributed by atoms with Crippen LogP contribution < -0.4 is 5.73 Å². The Labute approximate surface area is 167 Å². The molecule has 3 aromatic rings. The van der Waals surface area contributed by atoms with E-state index in [1.165, 1.54) is 48.8 Å². The molecule has 0 spiro atoms. The van der Waals surface area contributed by atoms with E-state index in [1.807, 2.05) is 0 Å². The Morgan fingerprint density at radius 3 is 2.55 bits per heavy atom. The largest absolute Gasteiger partial charge is 0.369 e. The number of pyridine rings is 1. The fraction of sp³-hybridized carbons (Fsp3) is 0.158. The highest BCUT2D eigenvalue weighted by Crippen LogP contribution is 2.41. The van der Waals surface area contributed by atoms with Gasteiger partial charge >= 0.3 is 0 Å². The molecule has 1 atom stereocenters. The number of amides is 1. The predicted octanol–water partition coefficient (Wildman–Crippen LogP) is 3.31. The van der Waals surface area contributed by atoms with Gasteiger partial charge < -0.3 is 5.73 Å². The van der Waals surface area contributed by atoms with Crippen LogP contribution in [0.4, 0.5) is 13.2 Å². The highest BCUT2D eigenvalue weighted by molar-refractivity contribution is 7.07. The highest BCUT2D eigenvalue weighted by Gasteiger charge is 2.50. The molecule has 29 heavy (non-hydrogen) atoms. The molecule has 2 N–H and O–H groups in total. The summed E-state index contributed by atoms with van der Waals surface area (Å²) in [4.78, 5) is 26.4. The minimum absolute atomic E-state index is 0.0788. The summed E-state index contributed by atoms with van der Waals surface area (Å²) in [6.07, 6.45) is -1.65. The molecule has 1 aliphatic rings. The Morgan fingerprint density at radius 1 is 1.17 bits per heavy atom. The summed E-state index contributed by atoms with van der Waals surface area (Å²) in [6, 6.07) is 6.57. The third-order valence-electron chi connectivity index (χ3n) is 4.75. The zero-order chi connectivity index (χ0) is 20.8. The topological polar surface area (TPSA) is 84.5 Å². The van der Waals surface area contributed by atoms with Crippen LogP contribution >= 0.6 is 11.3 Å². The number of benzene rings is 1. The van der Waals surface area contributed by atoms with Crippen molar-refractivity contribution >= 4 is 23.2 Å². The number of halogens is 3. The molecule has 0 saturated carbocycles. The van der Waals surface area contributed by atoms with E-state index in [4.69, 9.17) is 5.73 Å². The van der Waals surface area contributed by atoms with E-state index < -0.39 is 29.4 Å². The van der Waals surface area contributed by atoms with E-state index in [-0.39, 0.29) is 22.6 Å². The fourth-order valence-electron chi connectivity index (χ4n) is 3.27. The van der Waals surface area contributed by atoms with Crippen molar-refractivity contribution in [1.29, 1.82) is 0 Å². The number of carbonyl (C=O) groups is 1. The molecule has 0 aliphatic carbocycles. The maximum Gasteiger partial charge on any atom is 0.280 e. The number of aliphatic imine (C=N–C) groups is 1. The normalized spacial score (nSPS) is 19.1. The van der Waals surface area contributed by atoms with Crippen molar-refractivity contribution < 1.29 is 18.0 Å². The van der Waals surface area contributed by atoms with Crippen molar-refractivity contribution in [2.24, 2.45) is 10.7 Å². The zero-order valence-electron chi connectivity index (χ0n) is 15.0. The second-order valence-corrected chi connectivity index (χ2v) is 7.10. The second-order valence-electron chi connectivity index (χ2n) is 6.38. The van der Waals surface area contributed by atoms with Gasteiger partial charge in [-0.2, -0.15) is 0 Å². The first kappa shape index (κ1) is 19.1. The average molecular weight is 417 g/mol. The molecule has 0 fully saturated rings. The number of aromatic nitrogens is 2. The molecule has 0 bridgehead atoms. The first-order valence-electron chi connectivity index (χ1n) is 8.41. The number of carbonyl (C=O) groups excluding carboxylic acids is 1. The van der Waals surface area contributed by atoms with Gasteiger partial charge in [0, 0.05) is 24.2 Å². The monoisotopic (exact) mass is 417 g/mol. The number of alkyl halides is 2. The number of thiazole rings is 1. The Morgan fingerprint density at radius 2 is 1.93 bits per heavy atom. The summed E-state index contributed by atoms with van der Waals surface area (Å²) in [5, 5.41) is 1.66. The molecular weight excluding hydrogens is 403 g/mol. The molecule has 0 radical (unpaired) electrons. The molecule has 1 aromatic carbocycles. The lowest BCUT2D eigenvalue weighted by Crippen LogP contribution is -2.41. The van der Waals surface area contributed by atoms with E-state index in [1.54, 1.807) is 10.9 Å². The van der Waals surface area contributed by atoms with Crippen molar-refractivity contribution in [3.8, 4) is 11.3 Å². The molecule has 4 rings (SSSR count). The number of guanidine groups is 1. The van der Waals surface area contributed by atoms with Crippen molar-refractivity contribution in [3.05, 3.63) is 70.1 Å². The molecule has 2 aromatic heterocycles. The molecule has 10 heteroatoms. The predicted molar refractivity (Wildman–Crippen MR) is 102 cm³/mol. The lowest BCUT2D eigenvalue weighted by Gasteiger charge is -2.26. The molecule has 6 nitrogen and oxygen atoms in total. The summed E-state index contributed by atoms with van der Waals surface area (Å²) >= 11 is 1.29. The second kappa shape index (κ2) is 6.96. The van der Waals surface area contributed by atoms with Gasteiger partial charge in [0.05, 0.1) is 11.2 Å². The van der Waals surface area contributed by atoms with Gasteiger partial charge in [0.15, 0.2) is 11.5 Å². The van der Waals surface area contributed by atoms with E-state index in [9.17, 15) is 18.0 Å². The fourth-order valence-corrected chi connectivity index (χ4v) is 3.82. The van der Waals surface area contributed by atoms with Crippen LogP contribution in [-0.2, 0) is 10.3 Å². The van der Waals surface area contributed by atoms with Gasteiger partial charge in [-0.25, -0.2) is 23.1 Å². The van der Waals surface area contributed by atoms with Gasteiger partial charge in [-0.15, -0.1) is 11.3 Å². The molecule has 0 saturated heterocycles. The molecule has 3 heterocycles. The van der Waals surface area contributed by atoms with Crippen LogP contribution in [0.2, 0.25) is 0 Å². The Bertz CT molecular complexity index is 1120. The first-order valence-corrected chi connectivity index (χ1v) is 9.35. The van der Waals surface area contributed by atoms with Gasteiger partial charge in [0.25, 0.3) is 12.3 Å². The van der Waals surface area contributed by atoms with E-state index in [0.717, 1.165) is 11.0 Å². The van der Waals surface area contributed by atoms with Crippen molar-refractivity contribution in [2.45, 2.75) is 12.0 Å². The van der Waals surface area contributed by atoms with Crippen LogP contribution in [0.25, 0.3) is 11.3 Å². The van der Waals surface area contributed by atoms with Crippen LogP contribution in [0.15, 0.2) is 52.4 Å². The number of hydrogen-bond acceptors (Lipinski definition) is 6. The van der Waals surface area contributed by atoms with Gasteiger partial charge in [-0.05, 0) is 35.4 Å². The quantitative estimate of drug-likeness (QED) is 0.706. The van der Waals surface area contributed by atoms with E-state index in [2.05, 4.69) is 15.0 Å². The van der Waals surface area contributed by atoms with Crippen molar-refractivity contribution in [3.63, 3.8) is 0 Å². The lowest BCUT2D eigenvalue weighted by atomic mass is 9.82. The summed E-state index contributed by atoms with van der Waals surface area (Å²) in [7, 11) is 1.43. The Kier molecular flexibility index (Phi) is 4.58. The van der Waals surface area contributed by atoms with Crippen LogP contribution in [-0.4, -0.2) is 33.8 Å². The summed E-state index contributed by atoms with van der Waals surface area (Å²) < 4.78 is 40.9. The third kappa shape index (κ3) is 2.96. The molecular formula is C19H14F3N5OS. The average Bonchev–Trinajstić information content (AvgIpc) is 3.32. The number of likely N-dealkylation sites (N-methyl/N-ethyl adjacent to an activating group) is 1. The minimum atomic E-state index is -2.83. The van der Waals surface area contributed by atoms with E-state index >= 15 is 0 Å². The maximum atomic E-state index is 14.5. The Hall–Kier alpha value is -3.27. The zero-order valence-corrected chi connectivity index (χ0v) is 15.8. The summed E-state index contributed by atoms with van der Waals surface area (Å²) in [5.74, 6) is -1.16. The Balaban J connectivity index is 1.98. The molecule has 1 amide bonds. The molecule has 1 unspecified atom stereocenters. The molecule has 1 aliphatic heterocycles. The third-order valence-corrected chi connectivity index (χ3v) is 5.34. The first-order chi connectivity index (χ1) is 13.8. The minimum Gasteiger partial charge on any atom is -0.369 e. The highest BCUT2D eigenvalue weighted by atomic mass is 32.1. The van der Waals surface area contributed by atoms with Crippen LogP contribution in [0, 0.1) is 5.82 Å². The standard InChI is InChI=1S/C19H14F3N5OS/c1-27-17(28)19(26-18(27)23,11-4-5-24-14(7-11)16(21)22)10-2-3-13(20)12(6-10)15-8-29-9-25-15/h2-9,16H,1H3,(H2,23,26). The van der Waals surface area contributed by atoms with Crippen LogP contribution in [0.5, 0.6) is 0 Å². The summed E-state index contributed by atoms with van der Waals surface area (Å²) in [6.45, 7) is 0. The van der Waals surface area contributed by atoms with Crippen LogP contribution in [0.1, 0.15) is 23.2 Å². The lowest BCUT2D eigenvalue weighted by molar-refractivity contribution is -0.129. The number of rotatable bonds is 4. The SMILES string of the molecule is CN1C(=O)C(c2ccnc(C(F)F)c2)(c2ccc(F)c(-c3cscn3)c2)N=C1N. The molecule has 148 valence electrons. The van der Waals surface area contributed by atoms with Gasteiger partial charge in [0.1, 0.15) is 11.5 Å². The van der Waals surface area contributed by atoms with Gasteiger partial charge in [0.2, 0.25) is 0 Å². The summed E-state index contributed by atoms with van der Waals surface area (Å²) in [5.41, 5.74) is 6.22. The van der Waals surface area contributed by atoms with Crippen molar-refractivity contribution in [1.82, 2.24) is 14.9 Å². The maximum absolute atomic E-state index is 14.5. The van der Waals surface area contributed by atoms with Gasteiger partial charge in [-0.1, -0.05) is 6.07 Å². The van der Waals surface area contributed by atoms with E-state index in [0.29, 0.717) is 5.69 Å². The van der Waals surface area contributed by atoms with Crippen LogP contribution in [0.3, 0.4) is 0 Å².